The highest BCUT2D eigenvalue weighted by Crippen LogP contribution is 2.31. The van der Waals surface area contributed by atoms with Gasteiger partial charge in [0.1, 0.15) is 5.52 Å². The van der Waals surface area contributed by atoms with Crippen molar-refractivity contribution in [3.8, 4) is 0 Å². The van der Waals surface area contributed by atoms with Crippen molar-refractivity contribution < 1.29 is 0 Å². The van der Waals surface area contributed by atoms with Gasteiger partial charge in [-0.05, 0) is 23.6 Å². The van der Waals surface area contributed by atoms with Gasteiger partial charge in [-0.15, -0.1) is 0 Å². The van der Waals surface area contributed by atoms with Crippen molar-refractivity contribution in [3.63, 3.8) is 0 Å². The Bertz CT molecular complexity index is 1080. The fourth-order valence-electron chi connectivity index (χ4n) is 3.58. The van der Waals surface area contributed by atoms with Crippen molar-refractivity contribution in [3.05, 3.63) is 65.4 Å². The number of anilines is 1. The lowest BCUT2D eigenvalue weighted by Crippen LogP contribution is -2.06. The van der Waals surface area contributed by atoms with E-state index in [4.69, 9.17) is 16.6 Å². The predicted octanol–water partition coefficient (Wildman–Crippen LogP) is 4.02. The Balaban J connectivity index is 1.91. The van der Waals surface area contributed by atoms with Crippen molar-refractivity contribution in [1.82, 2.24) is 14.8 Å². The van der Waals surface area contributed by atoms with Crippen LogP contribution in [0, 0.1) is 0 Å². The number of rotatable bonds is 6. The number of unbranched alkanes of at least 4 members (excludes halogenated alkanes) is 1. The molecule has 4 aromatic rings. The summed E-state index contributed by atoms with van der Waals surface area (Å²) < 4.78 is 2.12. The van der Waals surface area contributed by atoms with Gasteiger partial charge in [-0.25, -0.2) is 4.98 Å². The molecule has 0 aliphatic rings. The molecular weight excluding hydrogens is 334 g/mol. The Kier molecular flexibility index (Phi) is 4.77. The molecule has 0 atom stereocenters. The fourth-order valence-corrected chi connectivity index (χ4v) is 3.58. The third kappa shape index (κ3) is 3.26. The Morgan fingerprint density at radius 3 is 2.48 bits per heavy atom. The Morgan fingerprint density at radius 1 is 1.00 bits per heavy atom. The molecule has 2 aromatic heterocycles. The van der Waals surface area contributed by atoms with E-state index in [9.17, 15) is 0 Å². The molecule has 0 spiro atoms. The summed E-state index contributed by atoms with van der Waals surface area (Å²) in [7, 11) is 0. The van der Waals surface area contributed by atoms with Crippen LogP contribution < -0.4 is 11.5 Å². The van der Waals surface area contributed by atoms with Gasteiger partial charge in [-0.3, -0.25) is 4.68 Å². The molecule has 2 aromatic carbocycles. The Hall–Kier alpha value is -2.92. The summed E-state index contributed by atoms with van der Waals surface area (Å²) in [6.07, 6.45) is 3.01. The number of aromatic nitrogens is 3. The van der Waals surface area contributed by atoms with Crippen LogP contribution >= 0.6 is 0 Å². The molecule has 5 nitrogen and oxygen atoms in total. The minimum atomic E-state index is 0.499. The van der Waals surface area contributed by atoms with E-state index in [2.05, 4.69) is 46.9 Å². The molecule has 2 heterocycles. The molecule has 0 fully saturated rings. The van der Waals surface area contributed by atoms with Crippen LogP contribution in [0.3, 0.4) is 0 Å². The second kappa shape index (κ2) is 7.37. The van der Waals surface area contributed by atoms with Crippen LogP contribution in [0.2, 0.25) is 0 Å². The van der Waals surface area contributed by atoms with Crippen LogP contribution in [0.1, 0.15) is 36.6 Å². The molecule has 0 saturated carbocycles. The van der Waals surface area contributed by atoms with Gasteiger partial charge in [0.05, 0.1) is 11.2 Å². The van der Waals surface area contributed by atoms with Crippen molar-refractivity contribution in [2.24, 2.45) is 5.73 Å². The topological polar surface area (TPSA) is 82.8 Å². The molecule has 0 unspecified atom stereocenters. The first-order valence-corrected chi connectivity index (χ1v) is 9.52. The first-order valence-electron chi connectivity index (χ1n) is 9.52. The molecule has 27 heavy (non-hydrogen) atoms. The van der Waals surface area contributed by atoms with Crippen LogP contribution in [0.15, 0.2) is 48.5 Å². The smallest absolute Gasteiger partial charge is 0.152 e. The second-order valence-corrected chi connectivity index (χ2v) is 6.96. The van der Waals surface area contributed by atoms with E-state index in [1.54, 1.807) is 0 Å². The van der Waals surface area contributed by atoms with E-state index < -0.39 is 0 Å². The SMILES string of the molecule is CCCCn1nc2c(N)nc3ccccc3c2c1Cc1ccc(CN)cc1. The predicted molar refractivity (Wildman–Crippen MR) is 111 cm³/mol. The molecule has 0 aliphatic carbocycles. The lowest BCUT2D eigenvalue weighted by atomic mass is 10.0. The number of para-hydroxylation sites is 1. The number of nitrogens with two attached hydrogens (primary N) is 2. The number of hydrogen-bond acceptors (Lipinski definition) is 4. The summed E-state index contributed by atoms with van der Waals surface area (Å²) in [5.41, 5.74) is 17.3. The lowest BCUT2D eigenvalue weighted by molar-refractivity contribution is 0.558. The van der Waals surface area contributed by atoms with Gasteiger partial charge in [-0.2, -0.15) is 5.10 Å². The van der Waals surface area contributed by atoms with Gasteiger partial charge in [0.25, 0.3) is 0 Å². The number of nitrogens with zero attached hydrogens (tertiary/aromatic N) is 3. The number of fused-ring (bicyclic) bond motifs is 3. The number of hydrogen-bond donors (Lipinski definition) is 2. The standard InChI is InChI=1S/C22H25N5/c1-2-3-12-27-19(13-15-8-10-16(14-23)11-9-15)20-17-6-4-5-7-18(17)25-22(24)21(20)26-27/h4-11H,2-3,12-14,23H2,1H3,(H2,24,25). The van der Waals surface area contributed by atoms with Gasteiger partial charge >= 0.3 is 0 Å². The zero-order valence-electron chi connectivity index (χ0n) is 15.7. The highest BCUT2D eigenvalue weighted by atomic mass is 15.3. The van der Waals surface area contributed by atoms with Gasteiger partial charge in [-0.1, -0.05) is 55.8 Å². The molecule has 4 rings (SSSR count). The average Bonchev–Trinajstić information content (AvgIpc) is 3.06. The maximum Gasteiger partial charge on any atom is 0.152 e. The zero-order valence-corrected chi connectivity index (χ0v) is 15.7. The van der Waals surface area contributed by atoms with Crippen LogP contribution in [-0.4, -0.2) is 14.8 Å². The average molecular weight is 359 g/mol. The lowest BCUT2D eigenvalue weighted by Gasteiger charge is -2.09. The first-order chi connectivity index (χ1) is 13.2. The summed E-state index contributed by atoms with van der Waals surface area (Å²) in [4.78, 5) is 4.56. The summed E-state index contributed by atoms with van der Waals surface area (Å²) in [6.45, 7) is 3.64. The highest BCUT2D eigenvalue weighted by molar-refractivity contribution is 6.09. The van der Waals surface area contributed by atoms with Crippen LogP contribution in [0.5, 0.6) is 0 Å². The zero-order chi connectivity index (χ0) is 18.8. The Labute approximate surface area is 159 Å². The summed E-state index contributed by atoms with van der Waals surface area (Å²) in [6, 6.07) is 16.6. The second-order valence-electron chi connectivity index (χ2n) is 6.96. The van der Waals surface area contributed by atoms with E-state index in [1.165, 1.54) is 11.3 Å². The highest BCUT2D eigenvalue weighted by Gasteiger charge is 2.18. The monoisotopic (exact) mass is 359 g/mol. The summed E-state index contributed by atoms with van der Waals surface area (Å²) in [5, 5.41) is 7.07. The van der Waals surface area contributed by atoms with Gasteiger partial charge < -0.3 is 11.5 Å². The fraction of sp³-hybridized carbons (Fsp3) is 0.273. The van der Waals surface area contributed by atoms with E-state index in [0.29, 0.717) is 12.4 Å². The summed E-state index contributed by atoms with van der Waals surface area (Å²) >= 11 is 0. The number of aryl methyl sites for hydroxylation is 1. The van der Waals surface area contributed by atoms with E-state index in [-0.39, 0.29) is 0 Å². The van der Waals surface area contributed by atoms with Crippen molar-refractivity contribution in [1.29, 1.82) is 0 Å². The first kappa shape index (κ1) is 17.5. The maximum absolute atomic E-state index is 6.26. The van der Waals surface area contributed by atoms with E-state index in [1.807, 2.05) is 18.2 Å². The van der Waals surface area contributed by atoms with E-state index >= 15 is 0 Å². The molecule has 4 N–H and O–H groups in total. The molecule has 0 radical (unpaired) electrons. The quantitative estimate of drug-likeness (QED) is 0.545. The van der Waals surface area contributed by atoms with Gasteiger partial charge in [0.2, 0.25) is 0 Å². The minimum absolute atomic E-state index is 0.499. The molecule has 0 bridgehead atoms. The van der Waals surface area contributed by atoms with Crippen molar-refractivity contribution in [2.75, 3.05) is 5.73 Å². The maximum atomic E-state index is 6.26. The molecule has 0 aliphatic heterocycles. The molecule has 0 amide bonds. The minimum Gasteiger partial charge on any atom is -0.382 e. The normalized spacial score (nSPS) is 11.5. The molecule has 5 heteroatoms. The Morgan fingerprint density at radius 2 is 1.74 bits per heavy atom. The van der Waals surface area contributed by atoms with Gasteiger partial charge in [0, 0.05) is 30.3 Å². The van der Waals surface area contributed by atoms with Crippen LogP contribution in [0.4, 0.5) is 5.82 Å². The third-order valence-electron chi connectivity index (χ3n) is 5.07. The largest absolute Gasteiger partial charge is 0.382 e. The van der Waals surface area contributed by atoms with Crippen LogP contribution in [-0.2, 0) is 19.5 Å². The van der Waals surface area contributed by atoms with Crippen LogP contribution in [0.25, 0.3) is 21.8 Å². The summed E-state index contributed by atoms with van der Waals surface area (Å²) in [5.74, 6) is 0.499. The van der Waals surface area contributed by atoms with Gasteiger partial charge in [0.15, 0.2) is 5.82 Å². The number of benzene rings is 2. The van der Waals surface area contributed by atoms with E-state index in [0.717, 1.165) is 53.2 Å². The number of pyridine rings is 1. The molecule has 0 saturated heterocycles. The van der Waals surface area contributed by atoms with Crippen molar-refractivity contribution >= 4 is 27.6 Å². The molecule has 138 valence electrons. The van der Waals surface area contributed by atoms with Crippen molar-refractivity contribution in [2.45, 2.75) is 39.3 Å². The number of nitrogen functional groups attached to an aromatic ring is 1. The molecular formula is C22H25N5. The third-order valence-corrected chi connectivity index (χ3v) is 5.07.